The summed E-state index contributed by atoms with van der Waals surface area (Å²) in [5.74, 6) is 0.819. The van der Waals surface area contributed by atoms with E-state index in [4.69, 9.17) is 0 Å². The highest BCUT2D eigenvalue weighted by atomic mass is 35.5. The minimum absolute atomic E-state index is 0. The van der Waals surface area contributed by atoms with E-state index < -0.39 is 0 Å². The number of nitrogens with zero attached hydrogens (tertiary/aromatic N) is 1. The summed E-state index contributed by atoms with van der Waals surface area (Å²) in [4.78, 5) is 2.39. The second-order valence-corrected chi connectivity index (χ2v) is 3.65. The van der Waals surface area contributed by atoms with Gasteiger partial charge in [0.25, 0.3) is 0 Å². The third-order valence-electron chi connectivity index (χ3n) is 2.45. The van der Waals surface area contributed by atoms with Gasteiger partial charge in [0.05, 0.1) is 0 Å². The summed E-state index contributed by atoms with van der Waals surface area (Å²) in [5.41, 5.74) is 0. The molecule has 1 aliphatic heterocycles. The zero-order chi connectivity index (χ0) is 9.52. The van der Waals surface area contributed by atoms with E-state index in [2.05, 4.69) is 23.4 Å². The van der Waals surface area contributed by atoms with Crippen LogP contribution in [0.4, 0.5) is 0 Å². The molecule has 0 aromatic heterocycles. The van der Waals surface area contributed by atoms with Crippen molar-refractivity contribution >= 4 is 12.4 Å². The fraction of sp³-hybridized carbons (Fsp3) is 0.636. The van der Waals surface area contributed by atoms with Gasteiger partial charge in [-0.25, -0.2) is 0 Å². The predicted molar refractivity (Wildman–Crippen MR) is 65.1 cm³/mol. The number of hydrogen-bond acceptors (Lipinski definition) is 2. The Balaban J connectivity index is 0.00000169. The molecule has 1 atom stereocenters. The molecule has 14 heavy (non-hydrogen) atoms. The summed E-state index contributed by atoms with van der Waals surface area (Å²) in [6.45, 7) is 13.0. The van der Waals surface area contributed by atoms with Crippen LogP contribution in [0.15, 0.2) is 25.3 Å². The molecular formula is C11H21ClN2. The second kappa shape index (κ2) is 8.04. The number of halogens is 1. The Morgan fingerprint density at radius 1 is 1.29 bits per heavy atom. The summed E-state index contributed by atoms with van der Waals surface area (Å²) in [6, 6.07) is 0. The molecule has 1 rings (SSSR count). The van der Waals surface area contributed by atoms with E-state index in [1.165, 1.54) is 26.1 Å². The number of nitrogens with one attached hydrogen (secondary N) is 1. The molecule has 82 valence electrons. The van der Waals surface area contributed by atoms with Crippen LogP contribution in [0, 0.1) is 5.92 Å². The maximum Gasteiger partial charge on any atom is 0.0164 e. The quantitative estimate of drug-likeness (QED) is 0.680. The van der Waals surface area contributed by atoms with Gasteiger partial charge in [-0.2, -0.15) is 0 Å². The van der Waals surface area contributed by atoms with E-state index in [1.807, 2.05) is 12.2 Å². The van der Waals surface area contributed by atoms with Crippen LogP contribution in [0.2, 0.25) is 0 Å². The minimum atomic E-state index is 0. The van der Waals surface area contributed by atoms with Crippen molar-refractivity contribution in [2.45, 2.75) is 6.42 Å². The fourth-order valence-electron chi connectivity index (χ4n) is 1.82. The average molecular weight is 217 g/mol. The van der Waals surface area contributed by atoms with Crippen molar-refractivity contribution in [1.82, 2.24) is 10.2 Å². The Morgan fingerprint density at radius 2 is 1.93 bits per heavy atom. The standard InChI is InChI=1S/C11H20N2.ClH/c1-3-7-13(8-4-2)10-11-5-6-12-9-11;/h3-4,11-12H,1-2,5-10H2;1H. The van der Waals surface area contributed by atoms with Crippen molar-refractivity contribution in [3.8, 4) is 0 Å². The molecule has 0 aromatic rings. The van der Waals surface area contributed by atoms with E-state index in [1.54, 1.807) is 0 Å². The van der Waals surface area contributed by atoms with Crippen molar-refractivity contribution in [1.29, 1.82) is 0 Å². The minimum Gasteiger partial charge on any atom is -0.316 e. The van der Waals surface area contributed by atoms with E-state index in [9.17, 15) is 0 Å². The summed E-state index contributed by atoms with van der Waals surface area (Å²) >= 11 is 0. The molecule has 1 aliphatic rings. The predicted octanol–water partition coefficient (Wildman–Crippen LogP) is 1.69. The number of rotatable bonds is 6. The van der Waals surface area contributed by atoms with Crippen LogP contribution in [0.1, 0.15) is 6.42 Å². The lowest BCUT2D eigenvalue weighted by molar-refractivity contribution is 0.285. The van der Waals surface area contributed by atoms with Crippen molar-refractivity contribution in [2.24, 2.45) is 5.92 Å². The third-order valence-corrected chi connectivity index (χ3v) is 2.45. The summed E-state index contributed by atoms with van der Waals surface area (Å²) in [7, 11) is 0. The smallest absolute Gasteiger partial charge is 0.0164 e. The first-order valence-electron chi connectivity index (χ1n) is 5.01. The second-order valence-electron chi connectivity index (χ2n) is 3.65. The first-order chi connectivity index (χ1) is 6.36. The van der Waals surface area contributed by atoms with Crippen LogP contribution < -0.4 is 5.32 Å². The molecule has 0 amide bonds. The van der Waals surface area contributed by atoms with Crippen molar-refractivity contribution in [2.75, 3.05) is 32.7 Å². The maximum absolute atomic E-state index is 3.77. The van der Waals surface area contributed by atoms with Gasteiger partial charge in [-0.15, -0.1) is 25.6 Å². The molecule has 1 saturated heterocycles. The van der Waals surface area contributed by atoms with Gasteiger partial charge in [-0.05, 0) is 25.4 Å². The maximum atomic E-state index is 3.77. The Morgan fingerprint density at radius 3 is 2.36 bits per heavy atom. The summed E-state index contributed by atoms with van der Waals surface area (Å²) in [5, 5.41) is 3.38. The van der Waals surface area contributed by atoms with Gasteiger partial charge in [0, 0.05) is 19.6 Å². The SMILES string of the molecule is C=CCN(CC=C)CC1CCNC1.Cl. The summed E-state index contributed by atoms with van der Waals surface area (Å²) in [6.07, 6.45) is 5.24. The van der Waals surface area contributed by atoms with Gasteiger partial charge in [-0.3, -0.25) is 4.90 Å². The third kappa shape index (κ3) is 4.80. The zero-order valence-electron chi connectivity index (χ0n) is 8.74. The van der Waals surface area contributed by atoms with Gasteiger partial charge in [-0.1, -0.05) is 12.2 Å². The lowest BCUT2D eigenvalue weighted by atomic mass is 10.1. The highest BCUT2D eigenvalue weighted by Gasteiger charge is 2.16. The van der Waals surface area contributed by atoms with E-state index >= 15 is 0 Å². The Labute approximate surface area is 93.5 Å². The average Bonchev–Trinajstić information content (AvgIpc) is 2.58. The van der Waals surface area contributed by atoms with E-state index in [0.717, 1.165) is 19.0 Å². The van der Waals surface area contributed by atoms with Crippen molar-refractivity contribution in [3.05, 3.63) is 25.3 Å². The molecule has 1 N–H and O–H groups in total. The van der Waals surface area contributed by atoms with Crippen LogP contribution in [0.5, 0.6) is 0 Å². The van der Waals surface area contributed by atoms with Gasteiger partial charge in [0.15, 0.2) is 0 Å². The molecule has 0 bridgehead atoms. The van der Waals surface area contributed by atoms with Gasteiger partial charge < -0.3 is 5.32 Å². The van der Waals surface area contributed by atoms with Crippen LogP contribution in [-0.2, 0) is 0 Å². The van der Waals surface area contributed by atoms with Crippen molar-refractivity contribution in [3.63, 3.8) is 0 Å². The molecule has 0 aliphatic carbocycles. The van der Waals surface area contributed by atoms with Crippen LogP contribution >= 0.6 is 12.4 Å². The lowest BCUT2D eigenvalue weighted by Crippen LogP contribution is -2.30. The monoisotopic (exact) mass is 216 g/mol. The molecule has 1 heterocycles. The molecule has 2 nitrogen and oxygen atoms in total. The molecular weight excluding hydrogens is 196 g/mol. The molecule has 0 aromatic carbocycles. The Bertz CT molecular complexity index is 155. The first kappa shape index (κ1) is 13.7. The largest absolute Gasteiger partial charge is 0.316 e. The lowest BCUT2D eigenvalue weighted by Gasteiger charge is -2.22. The Kier molecular flexibility index (Phi) is 7.86. The van der Waals surface area contributed by atoms with Gasteiger partial charge in [0.1, 0.15) is 0 Å². The molecule has 0 saturated carbocycles. The van der Waals surface area contributed by atoms with Crippen LogP contribution in [0.3, 0.4) is 0 Å². The molecule has 1 fully saturated rings. The Hall–Kier alpha value is -0.310. The highest BCUT2D eigenvalue weighted by molar-refractivity contribution is 5.85. The topological polar surface area (TPSA) is 15.3 Å². The van der Waals surface area contributed by atoms with Gasteiger partial charge >= 0.3 is 0 Å². The highest BCUT2D eigenvalue weighted by Crippen LogP contribution is 2.09. The van der Waals surface area contributed by atoms with E-state index in [-0.39, 0.29) is 12.4 Å². The van der Waals surface area contributed by atoms with Crippen LogP contribution in [-0.4, -0.2) is 37.6 Å². The molecule has 1 unspecified atom stereocenters. The van der Waals surface area contributed by atoms with Gasteiger partial charge in [0.2, 0.25) is 0 Å². The zero-order valence-corrected chi connectivity index (χ0v) is 9.56. The normalized spacial score (nSPS) is 20.5. The van der Waals surface area contributed by atoms with Crippen LogP contribution in [0.25, 0.3) is 0 Å². The van der Waals surface area contributed by atoms with E-state index in [0.29, 0.717) is 0 Å². The molecule has 0 radical (unpaired) electrons. The fourth-order valence-corrected chi connectivity index (χ4v) is 1.82. The van der Waals surface area contributed by atoms with Crippen molar-refractivity contribution < 1.29 is 0 Å². The number of hydrogen-bond donors (Lipinski definition) is 1. The first-order valence-corrected chi connectivity index (χ1v) is 5.01. The molecule has 0 spiro atoms. The summed E-state index contributed by atoms with van der Waals surface area (Å²) < 4.78 is 0. The molecule has 3 heteroatoms.